The maximum Gasteiger partial charge on any atom is 0.201 e. The maximum atomic E-state index is 13.8. The molecule has 0 radical (unpaired) electrons. The van der Waals surface area contributed by atoms with Crippen LogP contribution in [0, 0.1) is 9.39 Å². The highest BCUT2D eigenvalue weighted by Crippen LogP contribution is 2.27. The van der Waals surface area contributed by atoms with Crippen LogP contribution in [0.2, 0.25) is 0 Å². The molecule has 1 fully saturated rings. The van der Waals surface area contributed by atoms with Gasteiger partial charge in [0.2, 0.25) is 5.95 Å². The summed E-state index contributed by atoms with van der Waals surface area (Å²) in [6.45, 7) is 5.33. The maximum absolute atomic E-state index is 13.8. The Labute approximate surface area is 131 Å². The number of hydrogen-bond acceptors (Lipinski definition) is 3. The third-order valence-electron chi connectivity index (χ3n) is 3.92. The molecule has 20 heavy (non-hydrogen) atoms. The van der Waals surface area contributed by atoms with E-state index < -0.39 is 0 Å². The fourth-order valence-corrected chi connectivity index (χ4v) is 3.44. The van der Waals surface area contributed by atoms with Gasteiger partial charge in [-0.25, -0.2) is 9.37 Å². The molecule has 1 aromatic heterocycles. The number of hydrogen-bond donors (Lipinski definition) is 1. The van der Waals surface area contributed by atoms with E-state index in [9.17, 15) is 4.39 Å². The van der Waals surface area contributed by atoms with E-state index in [-0.39, 0.29) is 11.9 Å². The van der Waals surface area contributed by atoms with Crippen molar-refractivity contribution < 1.29 is 4.39 Å². The van der Waals surface area contributed by atoms with Gasteiger partial charge in [-0.05, 0) is 61.5 Å². The first-order chi connectivity index (χ1) is 9.56. The Kier molecular flexibility index (Phi) is 3.85. The second-order valence-corrected chi connectivity index (χ2v) is 6.61. The lowest BCUT2D eigenvalue weighted by molar-refractivity contribution is 0.291. The highest BCUT2D eigenvalue weighted by molar-refractivity contribution is 14.1. The smallest absolute Gasteiger partial charge is 0.201 e. The standard InChI is InChI=1S/C14H18FIN4/c1-9(8-19-4-2-3-5-19)20-13-6-10(15)11(16)7-12(13)18-14(20)17/h6-7,9H,2-5,8H2,1H3,(H2,17,18). The first-order valence-electron chi connectivity index (χ1n) is 6.91. The molecule has 1 aliphatic heterocycles. The number of rotatable bonds is 3. The largest absolute Gasteiger partial charge is 0.369 e. The monoisotopic (exact) mass is 388 g/mol. The Morgan fingerprint density at radius 1 is 1.40 bits per heavy atom. The van der Waals surface area contributed by atoms with E-state index in [4.69, 9.17) is 5.73 Å². The SMILES string of the molecule is CC(CN1CCCC1)n1c(N)nc2cc(I)c(F)cc21. The highest BCUT2D eigenvalue weighted by Gasteiger charge is 2.20. The highest BCUT2D eigenvalue weighted by atomic mass is 127. The summed E-state index contributed by atoms with van der Waals surface area (Å²) in [6, 6.07) is 3.49. The summed E-state index contributed by atoms with van der Waals surface area (Å²) in [5.41, 5.74) is 7.59. The Bertz CT molecular complexity index is 634. The van der Waals surface area contributed by atoms with Crippen LogP contribution >= 0.6 is 22.6 Å². The molecule has 2 heterocycles. The number of likely N-dealkylation sites (tertiary alicyclic amines) is 1. The van der Waals surface area contributed by atoms with E-state index in [2.05, 4.69) is 16.8 Å². The Balaban J connectivity index is 1.97. The van der Waals surface area contributed by atoms with Crippen LogP contribution in [0.5, 0.6) is 0 Å². The van der Waals surface area contributed by atoms with Crippen molar-refractivity contribution in [1.82, 2.24) is 14.5 Å². The number of nitrogens with zero attached hydrogens (tertiary/aromatic N) is 3. The van der Waals surface area contributed by atoms with Gasteiger partial charge in [-0.15, -0.1) is 0 Å². The van der Waals surface area contributed by atoms with E-state index in [0.29, 0.717) is 9.52 Å². The van der Waals surface area contributed by atoms with E-state index in [1.54, 1.807) is 12.1 Å². The number of nitrogen functional groups attached to an aromatic ring is 1. The van der Waals surface area contributed by atoms with Gasteiger partial charge in [-0.1, -0.05) is 0 Å². The van der Waals surface area contributed by atoms with Crippen LogP contribution in [0.1, 0.15) is 25.8 Å². The summed E-state index contributed by atoms with van der Waals surface area (Å²) in [6.07, 6.45) is 2.53. The third-order valence-corrected chi connectivity index (χ3v) is 4.75. The number of aromatic nitrogens is 2. The van der Waals surface area contributed by atoms with Gasteiger partial charge in [0, 0.05) is 18.7 Å². The van der Waals surface area contributed by atoms with Crippen molar-refractivity contribution in [2.75, 3.05) is 25.4 Å². The van der Waals surface area contributed by atoms with Gasteiger partial charge in [0.25, 0.3) is 0 Å². The molecule has 1 atom stereocenters. The van der Waals surface area contributed by atoms with Crippen LogP contribution in [0.3, 0.4) is 0 Å². The van der Waals surface area contributed by atoms with Crippen LogP contribution in [0.25, 0.3) is 11.0 Å². The van der Waals surface area contributed by atoms with Crippen molar-refractivity contribution in [2.24, 2.45) is 0 Å². The van der Waals surface area contributed by atoms with Gasteiger partial charge in [-0.3, -0.25) is 0 Å². The molecule has 2 aromatic rings. The summed E-state index contributed by atoms with van der Waals surface area (Å²) < 4.78 is 16.3. The average molecular weight is 388 g/mol. The first kappa shape index (κ1) is 14.1. The summed E-state index contributed by atoms with van der Waals surface area (Å²) >= 11 is 1.98. The first-order valence-corrected chi connectivity index (χ1v) is 7.99. The number of benzene rings is 1. The molecule has 108 valence electrons. The van der Waals surface area contributed by atoms with Crippen LogP contribution in [-0.4, -0.2) is 34.1 Å². The van der Waals surface area contributed by atoms with Crippen molar-refractivity contribution in [3.63, 3.8) is 0 Å². The fraction of sp³-hybridized carbons (Fsp3) is 0.500. The normalized spacial score (nSPS) is 17.9. The summed E-state index contributed by atoms with van der Waals surface area (Å²) in [4.78, 5) is 6.79. The molecule has 1 aliphatic rings. The zero-order chi connectivity index (χ0) is 14.3. The van der Waals surface area contributed by atoms with Crippen molar-refractivity contribution in [3.8, 4) is 0 Å². The topological polar surface area (TPSA) is 47.1 Å². The number of fused-ring (bicyclic) bond motifs is 1. The zero-order valence-electron chi connectivity index (χ0n) is 11.4. The molecule has 3 rings (SSSR count). The van der Waals surface area contributed by atoms with Gasteiger partial charge < -0.3 is 15.2 Å². The van der Waals surface area contributed by atoms with Crippen LogP contribution in [0.15, 0.2) is 12.1 Å². The van der Waals surface area contributed by atoms with Crippen molar-refractivity contribution in [2.45, 2.75) is 25.8 Å². The predicted octanol–water partition coefficient (Wildman–Crippen LogP) is 3.02. The van der Waals surface area contributed by atoms with E-state index in [0.717, 1.165) is 30.7 Å². The Morgan fingerprint density at radius 2 is 2.10 bits per heavy atom. The quantitative estimate of drug-likeness (QED) is 0.823. The van der Waals surface area contributed by atoms with Crippen LogP contribution in [-0.2, 0) is 0 Å². The lowest BCUT2D eigenvalue weighted by Gasteiger charge is -2.22. The molecule has 0 aliphatic carbocycles. The van der Waals surface area contributed by atoms with Gasteiger partial charge in [0.1, 0.15) is 5.82 Å². The molecular weight excluding hydrogens is 370 g/mol. The molecule has 0 bridgehead atoms. The Morgan fingerprint density at radius 3 is 2.80 bits per heavy atom. The zero-order valence-corrected chi connectivity index (χ0v) is 13.6. The average Bonchev–Trinajstić information content (AvgIpc) is 2.97. The van der Waals surface area contributed by atoms with Crippen molar-refractivity contribution in [3.05, 3.63) is 21.5 Å². The molecule has 0 spiro atoms. The number of nitrogens with two attached hydrogens (primary N) is 1. The van der Waals surface area contributed by atoms with E-state index in [1.165, 1.54) is 12.8 Å². The minimum atomic E-state index is -0.215. The van der Waals surface area contributed by atoms with E-state index in [1.807, 2.05) is 27.2 Å². The summed E-state index contributed by atoms with van der Waals surface area (Å²) in [7, 11) is 0. The molecule has 2 N–H and O–H groups in total. The molecule has 0 saturated carbocycles. The number of imidazole rings is 1. The number of anilines is 1. The Hall–Kier alpha value is -0.890. The number of halogens is 2. The van der Waals surface area contributed by atoms with Gasteiger partial charge in [0.15, 0.2) is 0 Å². The molecule has 0 amide bonds. The molecule has 1 saturated heterocycles. The lowest BCUT2D eigenvalue weighted by Crippen LogP contribution is -2.27. The van der Waals surface area contributed by atoms with E-state index >= 15 is 0 Å². The summed E-state index contributed by atoms with van der Waals surface area (Å²) in [5.74, 6) is 0.251. The van der Waals surface area contributed by atoms with Crippen LogP contribution < -0.4 is 5.73 Å². The van der Waals surface area contributed by atoms with Gasteiger partial charge >= 0.3 is 0 Å². The molecule has 1 unspecified atom stereocenters. The molecule has 1 aromatic carbocycles. The van der Waals surface area contributed by atoms with Gasteiger partial charge in [0.05, 0.1) is 14.6 Å². The van der Waals surface area contributed by atoms with Gasteiger partial charge in [-0.2, -0.15) is 0 Å². The minimum Gasteiger partial charge on any atom is -0.369 e. The second kappa shape index (κ2) is 5.48. The predicted molar refractivity (Wildman–Crippen MR) is 87.2 cm³/mol. The van der Waals surface area contributed by atoms with Crippen molar-refractivity contribution >= 4 is 39.6 Å². The third kappa shape index (κ3) is 2.50. The fourth-order valence-electron chi connectivity index (χ4n) is 2.99. The molecular formula is C14H18FIN4. The summed E-state index contributed by atoms with van der Waals surface area (Å²) in [5, 5.41) is 0. The molecule has 4 nitrogen and oxygen atoms in total. The van der Waals surface area contributed by atoms with Crippen molar-refractivity contribution in [1.29, 1.82) is 0 Å². The minimum absolute atomic E-state index is 0.192. The van der Waals surface area contributed by atoms with Crippen LogP contribution in [0.4, 0.5) is 10.3 Å². The molecule has 6 heteroatoms. The second-order valence-electron chi connectivity index (χ2n) is 5.45. The lowest BCUT2D eigenvalue weighted by atomic mass is 10.2.